The quantitative estimate of drug-likeness (QED) is 0.549. The molecule has 1 fully saturated rings. The summed E-state index contributed by atoms with van der Waals surface area (Å²) >= 11 is 0. The highest BCUT2D eigenvalue weighted by Gasteiger charge is 2.35. The van der Waals surface area contributed by atoms with Gasteiger partial charge in [-0.25, -0.2) is 4.79 Å². The molecule has 0 saturated carbocycles. The molecular formula is C26H33N7O3. The first-order valence-corrected chi connectivity index (χ1v) is 12.4. The van der Waals surface area contributed by atoms with Gasteiger partial charge in [0.15, 0.2) is 22.8 Å². The number of aromatic nitrogens is 4. The van der Waals surface area contributed by atoms with E-state index in [1.807, 2.05) is 19.9 Å². The summed E-state index contributed by atoms with van der Waals surface area (Å²) in [6.45, 7) is 12.8. The summed E-state index contributed by atoms with van der Waals surface area (Å²) in [7, 11) is 1.68. The molecule has 10 nitrogen and oxygen atoms in total. The number of nitriles is 1. The maximum Gasteiger partial charge on any atom is 0.349 e. The van der Waals surface area contributed by atoms with Crippen LogP contribution in [0.2, 0.25) is 0 Å². The summed E-state index contributed by atoms with van der Waals surface area (Å²) in [6, 6.07) is 8.77. The number of benzene rings is 1. The van der Waals surface area contributed by atoms with Crippen molar-refractivity contribution in [1.82, 2.24) is 24.2 Å². The Labute approximate surface area is 210 Å². The van der Waals surface area contributed by atoms with Crippen LogP contribution in [0.15, 0.2) is 29.2 Å². The Balaban J connectivity index is 1.42. The lowest BCUT2D eigenvalue weighted by atomic mass is 10.00. The van der Waals surface area contributed by atoms with Crippen molar-refractivity contribution in [2.45, 2.75) is 64.9 Å². The van der Waals surface area contributed by atoms with Crippen molar-refractivity contribution in [3.8, 4) is 17.6 Å². The summed E-state index contributed by atoms with van der Waals surface area (Å²) in [4.78, 5) is 21.7. The average molecular weight is 492 g/mol. The van der Waals surface area contributed by atoms with Crippen LogP contribution >= 0.6 is 0 Å². The second-order valence-corrected chi connectivity index (χ2v) is 10.6. The van der Waals surface area contributed by atoms with E-state index >= 15 is 0 Å². The first-order valence-electron chi connectivity index (χ1n) is 12.4. The molecule has 10 heteroatoms. The molecule has 190 valence electrons. The summed E-state index contributed by atoms with van der Waals surface area (Å²) in [6.07, 6.45) is 1.74. The predicted molar refractivity (Wildman–Crippen MR) is 136 cm³/mol. The molecule has 2 aliphatic heterocycles. The van der Waals surface area contributed by atoms with Gasteiger partial charge in [-0.2, -0.15) is 15.3 Å². The molecule has 0 N–H and O–H groups in total. The van der Waals surface area contributed by atoms with Crippen molar-refractivity contribution in [3.63, 3.8) is 0 Å². The minimum absolute atomic E-state index is 0.101. The number of nitrogens with zero attached hydrogens (tertiary/aromatic N) is 7. The van der Waals surface area contributed by atoms with E-state index < -0.39 is 0 Å². The maximum atomic E-state index is 12.7. The van der Waals surface area contributed by atoms with Crippen LogP contribution in [0.1, 0.15) is 46.2 Å². The van der Waals surface area contributed by atoms with Gasteiger partial charge in [-0.15, -0.1) is 0 Å². The fourth-order valence-electron chi connectivity index (χ4n) is 5.23. The molecule has 0 bridgehead atoms. The second-order valence-electron chi connectivity index (χ2n) is 10.6. The number of ether oxygens (including phenoxy) is 2. The molecule has 1 unspecified atom stereocenters. The Bertz CT molecular complexity index is 1400. The van der Waals surface area contributed by atoms with Gasteiger partial charge in [-0.1, -0.05) is 6.07 Å². The van der Waals surface area contributed by atoms with Crippen LogP contribution in [0.4, 0.5) is 5.82 Å². The zero-order chi connectivity index (χ0) is 25.8. The Hall–Kier alpha value is -3.58. The van der Waals surface area contributed by atoms with Crippen LogP contribution in [0, 0.1) is 11.3 Å². The number of hydrogen-bond donors (Lipinski definition) is 0. The summed E-state index contributed by atoms with van der Waals surface area (Å²) in [5.74, 6) is 2.15. The highest BCUT2D eigenvalue weighted by Crippen LogP contribution is 2.39. The normalized spacial score (nSPS) is 22.4. The Morgan fingerprint density at radius 3 is 2.75 bits per heavy atom. The smallest absolute Gasteiger partial charge is 0.349 e. The molecule has 3 atom stereocenters. The van der Waals surface area contributed by atoms with Crippen LogP contribution < -0.4 is 20.1 Å². The largest absolute Gasteiger partial charge is 0.486 e. The van der Waals surface area contributed by atoms with E-state index in [0.29, 0.717) is 30.0 Å². The number of anilines is 1. The van der Waals surface area contributed by atoms with Gasteiger partial charge in [0, 0.05) is 38.3 Å². The van der Waals surface area contributed by atoms with Crippen molar-refractivity contribution in [1.29, 1.82) is 5.26 Å². The molecule has 4 heterocycles. The lowest BCUT2D eigenvalue weighted by molar-refractivity contribution is 0.0209. The lowest BCUT2D eigenvalue weighted by Crippen LogP contribution is -2.57. The molecule has 1 aromatic carbocycles. The molecule has 0 spiro atoms. The van der Waals surface area contributed by atoms with Crippen molar-refractivity contribution in [2.75, 3.05) is 24.6 Å². The SMILES string of the molecule is CC(c1ccc2c(c1)OC(C)(C)CO2)N1C[C@H](C)N(c2nc(=O)n(C)c3cn(CC#N)nc23)C[C@H]1C. The van der Waals surface area contributed by atoms with Crippen molar-refractivity contribution in [2.24, 2.45) is 7.05 Å². The van der Waals surface area contributed by atoms with Gasteiger partial charge in [-0.05, 0) is 52.3 Å². The van der Waals surface area contributed by atoms with Crippen LogP contribution in [-0.2, 0) is 13.6 Å². The molecule has 0 radical (unpaired) electrons. The molecule has 2 aliphatic rings. The number of fused-ring (bicyclic) bond motifs is 2. The average Bonchev–Trinajstić information content (AvgIpc) is 3.25. The number of piperazine rings is 1. The van der Waals surface area contributed by atoms with Gasteiger partial charge in [0.05, 0.1) is 17.8 Å². The monoisotopic (exact) mass is 491 g/mol. The Morgan fingerprint density at radius 2 is 2.00 bits per heavy atom. The lowest BCUT2D eigenvalue weighted by Gasteiger charge is -2.47. The standard InChI is InChI=1S/C26H33N7O3/c1-16-13-33(24-23-20(30(6)25(34)28-24)14-31(29-23)10-9-27)17(2)12-32(16)18(3)19-7-8-21-22(11-19)36-26(4,5)15-35-21/h7-8,11,14,16-18H,10,12-13,15H2,1-6H3/t16-,17+,18?/m1/s1. The fourth-order valence-corrected chi connectivity index (χ4v) is 5.23. The first kappa shape index (κ1) is 24.1. The number of rotatable bonds is 4. The van der Waals surface area contributed by atoms with Crippen LogP contribution in [0.5, 0.6) is 11.5 Å². The van der Waals surface area contributed by atoms with E-state index in [-0.39, 0.29) is 36.0 Å². The van der Waals surface area contributed by atoms with Gasteiger partial charge >= 0.3 is 5.69 Å². The van der Waals surface area contributed by atoms with E-state index in [4.69, 9.17) is 14.7 Å². The summed E-state index contributed by atoms with van der Waals surface area (Å²) in [5.41, 5.74) is 1.81. The third-order valence-electron chi connectivity index (χ3n) is 7.25. The molecule has 36 heavy (non-hydrogen) atoms. The van der Waals surface area contributed by atoms with Gasteiger partial charge in [0.1, 0.15) is 18.8 Å². The first-order chi connectivity index (χ1) is 17.1. The zero-order valence-electron chi connectivity index (χ0n) is 21.7. The molecule has 0 aliphatic carbocycles. The van der Waals surface area contributed by atoms with E-state index in [1.165, 1.54) is 10.1 Å². The molecular weight excluding hydrogens is 458 g/mol. The number of aryl methyl sites for hydroxylation is 1. The van der Waals surface area contributed by atoms with Gasteiger partial charge in [0.2, 0.25) is 0 Å². The molecule has 0 amide bonds. The van der Waals surface area contributed by atoms with E-state index in [1.54, 1.807) is 17.9 Å². The predicted octanol–water partition coefficient (Wildman–Crippen LogP) is 2.86. The van der Waals surface area contributed by atoms with Crippen LogP contribution in [-0.4, -0.2) is 61.6 Å². The molecule has 1 saturated heterocycles. The fraction of sp³-hybridized carbons (Fsp3) is 0.538. The van der Waals surface area contributed by atoms with Gasteiger partial charge in [0.25, 0.3) is 0 Å². The zero-order valence-corrected chi connectivity index (χ0v) is 21.7. The van der Waals surface area contributed by atoms with E-state index in [0.717, 1.165) is 18.0 Å². The van der Waals surface area contributed by atoms with Crippen molar-refractivity contribution >= 4 is 16.9 Å². The summed E-state index contributed by atoms with van der Waals surface area (Å²) in [5, 5.41) is 13.7. The molecule has 5 rings (SSSR count). The second kappa shape index (κ2) is 8.82. The van der Waals surface area contributed by atoms with Crippen molar-refractivity contribution in [3.05, 3.63) is 40.4 Å². The van der Waals surface area contributed by atoms with Gasteiger partial charge in [-0.3, -0.25) is 14.1 Å². The van der Waals surface area contributed by atoms with Crippen LogP contribution in [0.25, 0.3) is 11.0 Å². The van der Waals surface area contributed by atoms with Crippen LogP contribution in [0.3, 0.4) is 0 Å². The topological polar surface area (TPSA) is 101 Å². The van der Waals surface area contributed by atoms with Crippen molar-refractivity contribution < 1.29 is 9.47 Å². The van der Waals surface area contributed by atoms with Gasteiger partial charge < -0.3 is 14.4 Å². The van der Waals surface area contributed by atoms with E-state index in [9.17, 15) is 4.79 Å². The van der Waals surface area contributed by atoms with E-state index in [2.05, 4.69) is 58.9 Å². The summed E-state index contributed by atoms with van der Waals surface area (Å²) < 4.78 is 15.1. The minimum Gasteiger partial charge on any atom is -0.486 e. The molecule has 2 aromatic heterocycles. The minimum atomic E-state index is -0.354. The Morgan fingerprint density at radius 1 is 1.22 bits per heavy atom. The Kier molecular flexibility index (Phi) is 5.91. The highest BCUT2D eigenvalue weighted by molar-refractivity contribution is 5.85. The third-order valence-corrected chi connectivity index (χ3v) is 7.25. The maximum absolute atomic E-state index is 12.7. The highest BCUT2D eigenvalue weighted by atomic mass is 16.6. The molecule has 3 aromatic rings. The third kappa shape index (κ3) is 4.17. The number of hydrogen-bond acceptors (Lipinski definition) is 8.